The van der Waals surface area contributed by atoms with E-state index in [1.165, 1.54) is 0 Å². The van der Waals surface area contributed by atoms with E-state index < -0.39 is 10.0 Å². The number of aromatic nitrogens is 2. The van der Waals surface area contributed by atoms with E-state index in [-0.39, 0.29) is 5.75 Å². The van der Waals surface area contributed by atoms with Crippen molar-refractivity contribution in [2.75, 3.05) is 5.75 Å². The normalized spacial score (nSPS) is 11.9. The highest BCUT2D eigenvalue weighted by molar-refractivity contribution is 7.89. The molecule has 0 unspecified atom stereocenters. The fourth-order valence-electron chi connectivity index (χ4n) is 1.08. The Balaban J connectivity index is 2.62. The first-order valence-corrected chi connectivity index (χ1v) is 6.22. The van der Waals surface area contributed by atoms with Crippen molar-refractivity contribution in [3.8, 4) is 0 Å². The highest BCUT2D eigenvalue weighted by Gasteiger charge is 2.07. The van der Waals surface area contributed by atoms with Crippen molar-refractivity contribution in [3.05, 3.63) is 18.0 Å². The Bertz CT molecular complexity index is 383. The lowest BCUT2D eigenvalue weighted by molar-refractivity contribution is 0.571. The molecule has 0 saturated carbocycles. The number of hydrogen-bond donors (Lipinski definition) is 1. The number of hydrogen-bond acceptors (Lipinski definition) is 3. The number of rotatable bonds is 5. The molecule has 1 aromatic rings. The predicted octanol–water partition coefficient (Wildman–Crippen LogP) is 0.342. The average Bonchev–Trinajstić information content (AvgIpc) is 2.62. The van der Waals surface area contributed by atoms with Crippen LogP contribution in [-0.2, 0) is 23.1 Å². The lowest BCUT2D eigenvalue weighted by atomic mass is 10.4. The molecule has 1 heterocycles. The Morgan fingerprint density at radius 2 is 2.21 bits per heavy atom. The molecule has 0 radical (unpaired) electrons. The quantitative estimate of drug-likeness (QED) is 0.773. The van der Waals surface area contributed by atoms with E-state index in [0.29, 0.717) is 6.54 Å². The smallest absolute Gasteiger partial charge is 0.211 e. The third-order valence-corrected chi connectivity index (χ3v) is 3.30. The van der Waals surface area contributed by atoms with Crippen molar-refractivity contribution in [1.82, 2.24) is 14.5 Å². The second-order valence-corrected chi connectivity index (χ2v) is 4.96. The van der Waals surface area contributed by atoms with Crippen LogP contribution in [0.2, 0.25) is 0 Å². The van der Waals surface area contributed by atoms with Crippen molar-refractivity contribution in [3.63, 3.8) is 0 Å². The van der Waals surface area contributed by atoms with Crippen LogP contribution < -0.4 is 4.72 Å². The SMILES string of the molecule is CCn1nccc1CNS(=O)(=O)CC. The maximum atomic E-state index is 11.2. The summed E-state index contributed by atoms with van der Waals surface area (Å²) in [5.74, 6) is 0.104. The summed E-state index contributed by atoms with van der Waals surface area (Å²) in [6, 6.07) is 1.81. The predicted molar refractivity (Wildman–Crippen MR) is 54.2 cm³/mol. The second-order valence-electron chi connectivity index (χ2n) is 2.86. The van der Waals surface area contributed by atoms with E-state index in [9.17, 15) is 8.42 Å². The zero-order valence-electron chi connectivity index (χ0n) is 8.40. The molecule has 14 heavy (non-hydrogen) atoms. The van der Waals surface area contributed by atoms with E-state index in [1.807, 2.05) is 13.0 Å². The zero-order valence-corrected chi connectivity index (χ0v) is 9.21. The van der Waals surface area contributed by atoms with Crippen LogP contribution in [0.4, 0.5) is 0 Å². The summed E-state index contributed by atoms with van der Waals surface area (Å²) >= 11 is 0. The van der Waals surface area contributed by atoms with Crippen molar-refractivity contribution in [2.45, 2.75) is 26.9 Å². The molecule has 0 amide bonds. The van der Waals surface area contributed by atoms with Gasteiger partial charge in [0.2, 0.25) is 10.0 Å². The van der Waals surface area contributed by atoms with Crippen LogP contribution in [0.5, 0.6) is 0 Å². The van der Waals surface area contributed by atoms with Crippen LogP contribution in [0.1, 0.15) is 19.5 Å². The van der Waals surface area contributed by atoms with Crippen LogP contribution in [0.25, 0.3) is 0 Å². The highest BCUT2D eigenvalue weighted by atomic mass is 32.2. The molecule has 0 aliphatic carbocycles. The largest absolute Gasteiger partial charge is 0.269 e. The average molecular weight is 217 g/mol. The summed E-state index contributed by atoms with van der Waals surface area (Å²) in [5, 5.41) is 4.04. The third kappa shape index (κ3) is 2.81. The third-order valence-electron chi connectivity index (χ3n) is 1.96. The Morgan fingerprint density at radius 1 is 1.50 bits per heavy atom. The summed E-state index contributed by atoms with van der Waals surface area (Å²) in [6.45, 7) is 4.63. The minimum Gasteiger partial charge on any atom is -0.269 e. The number of sulfonamides is 1. The van der Waals surface area contributed by atoms with Gasteiger partial charge in [-0.2, -0.15) is 5.10 Å². The molecule has 5 nitrogen and oxygen atoms in total. The van der Waals surface area contributed by atoms with Gasteiger partial charge in [0.15, 0.2) is 0 Å². The molecule has 0 spiro atoms. The second kappa shape index (κ2) is 4.56. The standard InChI is InChI=1S/C8H15N3O2S/c1-3-11-8(5-6-9-11)7-10-14(12,13)4-2/h5-6,10H,3-4,7H2,1-2H3. The summed E-state index contributed by atoms with van der Waals surface area (Å²) in [7, 11) is -3.11. The Kier molecular flexibility index (Phi) is 3.65. The van der Waals surface area contributed by atoms with E-state index >= 15 is 0 Å². The van der Waals surface area contributed by atoms with Gasteiger partial charge in [-0.1, -0.05) is 0 Å². The molecule has 80 valence electrons. The first kappa shape index (κ1) is 11.2. The topological polar surface area (TPSA) is 64.0 Å². The van der Waals surface area contributed by atoms with Gasteiger partial charge < -0.3 is 0 Å². The van der Waals surface area contributed by atoms with Gasteiger partial charge in [-0.15, -0.1) is 0 Å². The van der Waals surface area contributed by atoms with Gasteiger partial charge in [0, 0.05) is 12.7 Å². The molecular formula is C8H15N3O2S. The molecule has 0 bridgehead atoms. The summed E-state index contributed by atoms with van der Waals surface area (Å²) in [6.07, 6.45) is 1.67. The van der Waals surface area contributed by atoms with Gasteiger partial charge in [0.1, 0.15) is 0 Å². The first-order valence-electron chi connectivity index (χ1n) is 4.57. The minimum atomic E-state index is -3.11. The van der Waals surface area contributed by atoms with Crippen molar-refractivity contribution in [2.24, 2.45) is 0 Å². The van der Waals surface area contributed by atoms with Gasteiger partial charge in [-0.05, 0) is 19.9 Å². The Morgan fingerprint density at radius 3 is 2.79 bits per heavy atom. The molecule has 1 aromatic heterocycles. The molecule has 1 N–H and O–H groups in total. The van der Waals surface area contributed by atoms with Crippen LogP contribution in [0, 0.1) is 0 Å². The van der Waals surface area contributed by atoms with Gasteiger partial charge in [0.25, 0.3) is 0 Å². The lowest BCUT2D eigenvalue weighted by Gasteiger charge is -2.05. The molecule has 0 aliphatic rings. The number of nitrogens with zero attached hydrogens (tertiary/aromatic N) is 2. The zero-order chi connectivity index (χ0) is 10.6. The molecular weight excluding hydrogens is 202 g/mol. The van der Waals surface area contributed by atoms with Gasteiger partial charge in [-0.25, -0.2) is 13.1 Å². The Hall–Kier alpha value is -0.880. The fraction of sp³-hybridized carbons (Fsp3) is 0.625. The molecule has 0 aromatic carbocycles. The van der Waals surface area contributed by atoms with E-state index in [2.05, 4.69) is 9.82 Å². The van der Waals surface area contributed by atoms with Gasteiger partial charge >= 0.3 is 0 Å². The summed E-state index contributed by atoms with van der Waals surface area (Å²) in [5.41, 5.74) is 0.879. The number of aryl methyl sites for hydroxylation is 1. The maximum absolute atomic E-state index is 11.2. The van der Waals surface area contributed by atoms with Crippen LogP contribution in [0.15, 0.2) is 12.3 Å². The number of nitrogens with one attached hydrogen (secondary N) is 1. The molecule has 0 atom stereocenters. The first-order chi connectivity index (χ1) is 6.59. The van der Waals surface area contributed by atoms with Crippen molar-refractivity contribution in [1.29, 1.82) is 0 Å². The molecule has 1 rings (SSSR count). The van der Waals surface area contributed by atoms with E-state index in [4.69, 9.17) is 0 Å². The van der Waals surface area contributed by atoms with E-state index in [1.54, 1.807) is 17.8 Å². The molecule has 0 fully saturated rings. The van der Waals surface area contributed by atoms with Gasteiger partial charge in [0.05, 0.1) is 18.0 Å². The molecule has 0 saturated heterocycles. The fourth-order valence-corrected chi connectivity index (χ4v) is 1.65. The van der Waals surface area contributed by atoms with Crippen molar-refractivity contribution >= 4 is 10.0 Å². The summed E-state index contributed by atoms with van der Waals surface area (Å²) in [4.78, 5) is 0. The van der Waals surface area contributed by atoms with Crippen LogP contribution in [0.3, 0.4) is 0 Å². The monoisotopic (exact) mass is 217 g/mol. The highest BCUT2D eigenvalue weighted by Crippen LogP contribution is 1.99. The molecule has 6 heteroatoms. The van der Waals surface area contributed by atoms with Crippen molar-refractivity contribution < 1.29 is 8.42 Å². The van der Waals surface area contributed by atoms with E-state index in [0.717, 1.165) is 12.2 Å². The Labute approximate surface area is 84.2 Å². The maximum Gasteiger partial charge on any atom is 0.211 e. The summed E-state index contributed by atoms with van der Waals surface area (Å²) < 4.78 is 26.6. The van der Waals surface area contributed by atoms with Gasteiger partial charge in [-0.3, -0.25) is 4.68 Å². The van der Waals surface area contributed by atoms with Crippen LogP contribution >= 0.6 is 0 Å². The minimum absolute atomic E-state index is 0.104. The lowest BCUT2D eigenvalue weighted by Crippen LogP contribution is -2.26. The van der Waals surface area contributed by atoms with Crippen LogP contribution in [-0.4, -0.2) is 24.0 Å². The molecule has 0 aliphatic heterocycles.